The molecule has 0 amide bonds. The molecule has 2 rings (SSSR count). The standard InChI is InChI=1S/C10H6BrF2NO/c11-5-7-4-10(15-14-7)8-3-6(12)1-2-9(8)13/h1-4H,5H2. The van der Waals surface area contributed by atoms with E-state index < -0.39 is 11.6 Å². The van der Waals surface area contributed by atoms with Crippen LogP contribution in [0, 0.1) is 11.6 Å². The van der Waals surface area contributed by atoms with Crippen LogP contribution in [0.2, 0.25) is 0 Å². The SMILES string of the molecule is Fc1ccc(F)c(-c2cc(CBr)no2)c1. The average Bonchev–Trinajstić information content (AvgIpc) is 2.70. The van der Waals surface area contributed by atoms with E-state index in [1.807, 2.05) is 0 Å². The summed E-state index contributed by atoms with van der Waals surface area (Å²) in [6.07, 6.45) is 0. The van der Waals surface area contributed by atoms with Gasteiger partial charge in [-0.05, 0) is 18.2 Å². The average molecular weight is 274 g/mol. The second kappa shape index (κ2) is 4.10. The molecule has 0 fully saturated rings. The van der Waals surface area contributed by atoms with Gasteiger partial charge in [-0.2, -0.15) is 0 Å². The molecule has 0 atom stereocenters. The van der Waals surface area contributed by atoms with Gasteiger partial charge < -0.3 is 4.52 Å². The van der Waals surface area contributed by atoms with Gasteiger partial charge in [0.25, 0.3) is 0 Å². The lowest BCUT2D eigenvalue weighted by molar-refractivity contribution is 0.424. The molecule has 0 saturated carbocycles. The Bertz CT molecular complexity index is 484. The van der Waals surface area contributed by atoms with Crippen molar-refractivity contribution in [3.05, 3.63) is 41.6 Å². The number of halogens is 3. The van der Waals surface area contributed by atoms with Gasteiger partial charge in [-0.1, -0.05) is 21.1 Å². The van der Waals surface area contributed by atoms with Crippen molar-refractivity contribution in [2.75, 3.05) is 0 Å². The lowest BCUT2D eigenvalue weighted by Gasteiger charge is -1.97. The number of nitrogens with zero attached hydrogens (tertiary/aromatic N) is 1. The maximum Gasteiger partial charge on any atom is 0.170 e. The van der Waals surface area contributed by atoms with Gasteiger partial charge in [0.15, 0.2) is 5.76 Å². The molecule has 15 heavy (non-hydrogen) atoms. The first-order valence-corrected chi connectivity index (χ1v) is 5.30. The molecule has 0 aliphatic rings. The van der Waals surface area contributed by atoms with Crippen molar-refractivity contribution in [2.24, 2.45) is 0 Å². The Morgan fingerprint density at radius 1 is 1.27 bits per heavy atom. The zero-order chi connectivity index (χ0) is 10.8. The van der Waals surface area contributed by atoms with Crippen molar-refractivity contribution in [3.63, 3.8) is 0 Å². The van der Waals surface area contributed by atoms with Crippen LogP contribution in [0.4, 0.5) is 8.78 Å². The fourth-order valence-corrected chi connectivity index (χ4v) is 1.45. The van der Waals surface area contributed by atoms with E-state index in [4.69, 9.17) is 4.52 Å². The van der Waals surface area contributed by atoms with Crippen LogP contribution in [0.1, 0.15) is 5.69 Å². The van der Waals surface area contributed by atoms with Crippen molar-refractivity contribution < 1.29 is 13.3 Å². The van der Waals surface area contributed by atoms with Gasteiger partial charge in [0, 0.05) is 11.4 Å². The Morgan fingerprint density at radius 3 is 2.73 bits per heavy atom. The van der Waals surface area contributed by atoms with Gasteiger partial charge in [-0.15, -0.1) is 0 Å². The second-order valence-corrected chi connectivity index (χ2v) is 3.50. The fraction of sp³-hybridized carbons (Fsp3) is 0.100. The molecule has 0 unspecified atom stereocenters. The molecule has 1 aromatic heterocycles. The second-order valence-electron chi connectivity index (χ2n) is 2.94. The summed E-state index contributed by atoms with van der Waals surface area (Å²) in [5.41, 5.74) is 0.711. The topological polar surface area (TPSA) is 26.0 Å². The van der Waals surface area contributed by atoms with Crippen LogP contribution >= 0.6 is 15.9 Å². The summed E-state index contributed by atoms with van der Waals surface area (Å²) in [7, 11) is 0. The summed E-state index contributed by atoms with van der Waals surface area (Å²) in [4.78, 5) is 0. The minimum Gasteiger partial charge on any atom is -0.356 e. The van der Waals surface area contributed by atoms with E-state index in [0.29, 0.717) is 11.0 Å². The van der Waals surface area contributed by atoms with E-state index in [1.165, 1.54) is 0 Å². The Hall–Kier alpha value is -1.23. The molecule has 78 valence electrons. The van der Waals surface area contributed by atoms with Gasteiger partial charge in [-0.25, -0.2) is 8.78 Å². The van der Waals surface area contributed by atoms with E-state index in [-0.39, 0.29) is 11.3 Å². The first-order valence-electron chi connectivity index (χ1n) is 4.17. The zero-order valence-electron chi connectivity index (χ0n) is 7.51. The van der Waals surface area contributed by atoms with Crippen LogP contribution < -0.4 is 0 Å². The molecular weight excluding hydrogens is 268 g/mol. The van der Waals surface area contributed by atoms with Crippen LogP contribution in [0.25, 0.3) is 11.3 Å². The number of hydrogen-bond donors (Lipinski definition) is 0. The molecule has 0 N–H and O–H groups in total. The van der Waals surface area contributed by atoms with Crippen molar-refractivity contribution in [3.8, 4) is 11.3 Å². The summed E-state index contributed by atoms with van der Waals surface area (Å²) in [6, 6.07) is 4.75. The third kappa shape index (κ3) is 2.07. The Kier molecular flexibility index (Phi) is 2.81. The number of aromatic nitrogens is 1. The summed E-state index contributed by atoms with van der Waals surface area (Å²) in [6.45, 7) is 0. The maximum absolute atomic E-state index is 13.3. The first kappa shape index (κ1) is 10.3. The molecule has 5 heteroatoms. The molecule has 1 heterocycles. The van der Waals surface area contributed by atoms with E-state index in [1.54, 1.807) is 6.07 Å². The van der Waals surface area contributed by atoms with E-state index in [2.05, 4.69) is 21.1 Å². The Labute approximate surface area is 93.0 Å². The van der Waals surface area contributed by atoms with Crippen LogP contribution in [0.3, 0.4) is 0 Å². The lowest BCUT2D eigenvalue weighted by Crippen LogP contribution is -1.84. The third-order valence-corrected chi connectivity index (χ3v) is 2.46. The molecule has 2 nitrogen and oxygen atoms in total. The predicted octanol–water partition coefficient (Wildman–Crippen LogP) is 3.51. The number of benzene rings is 1. The summed E-state index contributed by atoms with van der Waals surface area (Å²) in [5.74, 6) is -0.821. The number of hydrogen-bond acceptors (Lipinski definition) is 2. The van der Waals surface area contributed by atoms with Crippen molar-refractivity contribution in [1.82, 2.24) is 5.16 Å². The molecule has 1 aromatic carbocycles. The Balaban J connectivity index is 2.48. The highest BCUT2D eigenvalue weighted by Gasteiger charge is 2.11. The molecule has 0 aliphatic heterocycles. The van der Waals surface area contributed by atoms with Gasteiger partial charge in [-0.3, -0.25) is 0 Å². The monoisotopic (exact) mass is 273 g/mol. The highest BCUT2D eigenvalue weighted by molar-refractivity contribution is 9.08. The fourth-order valence-electron chi connectivity index (χ4n) is 1.19. The van der Waals surface area contributed by atoms with Crippen LogP contribution in [0.15, 0.2) is 28.8 Å². The highest BCUT2D eigenvalue weighted by Crippen LogP contribution is 2.24. The normalized spacial score (nSPS) is 10.6. The van der Waals surface area contributed by atoms with Crippen molar-refractivity contribution >= 4 is 15.9 Å². The van der Waals surface area contributed by atoms with Gasteiger partial charge >= 0.3 is 0 Å². The van der Waals surface area contributed by atoms with E-state index in [0.717, 1.165) is 18.2 Å². The predicted molar refractivity (Wildman–Crippen MR) is 54.5 cm³/mol. The van der Waals surface area contributed by atoms with Crippen LogP contribution in [-0.2, 0) is 5.33 Å². The molecule has 0 spiro atoms. The first-order chi connectivity index (χ1) is 7.20. The largest absolute Gasteiger partial charge is 0.356 e. The maximum atomic E-state index is 13.3. The minimum atomic E-state index is -0.534. The summed E-state index contributed by atoms with van der Waals surface area (Å²) in [5, 5.41) is 4.18. The van der Waals surface area contributed by atoms with E-state index in [9.17, 15) is 8.78 Å². The molecule has 0 radical (unpaired) electrons. The minimum absolute atomic E-state index is 0.0784. The van der Waals surface area contributed by atoms with Crippen LogP contribution in [0.5, 0.6) is 0 Å². The third-order valence-electron chi connectivity index (χ3n) is 1.89. The highest BCUT2D eigenvalue weighted by atomic mass is 79.9. The molecule has 0 saturated heterocycles. The molecule has 2 aromatic rings. The van der Waals surface area contributed by atoms with Gasteiger partial charge in [0.2, 0.25) is 0 Å². The Morgan fingerprint density at radius 2 is 2.07 bits per heavy atom. The molecule has 0 aliphatic carbocycles. The van der Waals surface area contributed by atoms with Crippen LogP contribution in [-0.4, -0.2) is 5.16 Å². The van der Waals surface area contributed by atoms with Gasteiger partial charge in [0.1, 0.15) is 11.6 Å². The smallest absolute Gasteiger partial charge is 0.170 e. The zero-order valence-corrected chi connectivity index (χ0v) is 9.09. The molecule has 0 bridgehead atoms. The number of alkyl halides is 1. The summed E-state index contributed by atoms with van der Waals surface area (Å²) >= 11 is 3.19. The van der Waals surface area contributed by atoms with E-state index >= 15 is 0 Å². The van der Waals surface area contributed by atoms with Crippen molar-refractivity contribution in [1.29, 1.82) is 0 Å². The van der Waals surface area contributed by atoms with Crippen molar-refractivity contribution in [2.45, 2.75) is 5.33 Å². The quantitative estimate of drug-likeness (QED) is 0.783. The lowest BCUT2D eigenvalue weighted by atomic mass is 10.1. The summed E-state index contributed by atoms with van der Waals surface area (Å²) < 4.78 is 31.1. The number of rotatable bonds is 2. The molecular formula is C10H6BrF2NO. The van der Waals surface area contributed by atoms with Gasteiger partial charge in [0.05, 0.1) is 11.3 Å².